The van der Waals surface area contributed by atoms with Crippen molar-refractivity contribution >= 4 is 15.7 Å². The van der Waals surface area contributed by atoms with E-state index >= 15 is 0 Å². The summed E-state index contributed by atoms with van der Waals surface area (Å²) in [6.45, 7) is 6.52. The van der Waals surface area contributed by atoms with Crippen LogP contribution >= 0.6 is 0 Å². The van der Waals surface area contributed by atoms with E-state index in [0.29, 0.717) is 71.3 Å². The lowest BCUT2D eigenvalue weighted by Crippen LogP contribution is -2.26. The Kier molecular flexibility index (Phi) is 15.2. The summed E-state index contributed by atoms with van der Waals surface area (Å²) < 4.78 is 44.9. The van der Waals surface area contributed by atoms with Crippen molar-refractivity contribution in [2.75, 3.05) is 65.7 Å². The molecule has 186 valence electrons. The second-order valence-electron chi connectivity index (χ2n) is 7.19. The van der Waals surface area contributed by atoms with Crippen molar-refractivity contribution in [2.24, 2.45) is 0 Å². The van der Waals surface area contributed by atoms with Crippen LogP contribution in [0.4, 0.5) is 0 Å². The van der Waals surface area contributed by atoms with Crippen LogP contribution in [0, 0.1) is 11.3 Å². The maximum absolute atomic E-state index is 11.8. The lowest BCUT2D eigenvalue weighted by atomic mass is 10.2. The zero-order valence-electron chi connectivity index (χ0n) is 19.5. The fraction of sp³-hybridized carbons (Fsp3) is 0.682. The summed E-state index contributed by atoms with van der Waals surface area (Å²) in [4.78, 5) is 15.9. The Labute approximate surface area is 196 Å². The van der Waals surface area contributed by atoms with Crippen LogP contribution < -0.4 is 5.32 Å². The number of sulfone groups is 1. The van der Waals surface area contributed by atoms with Gasteiger partial charge >= 0.3 is 0 Å². The normalized spacial score (nSPS) is 11.3. The molecule has 0 aliphatic carbocycles. The Hall–Kier alpha value is -2.10. The number of aromatic nitrogens is 1. The van der Waals surface area contributed by atoms with Crippen molar-refractivity contribution in [2.45, 2.75) is 37.6 Å². The number of ether oxygens (including phenoxy) is 4. The van der Waals surface area contributed by atoms with Crippen LogP contribution in [0.1, 0.15) is 37.4 Å². The molecule has 0 fully saturated rings. The van der Waals surface area contributed by atoms with Gasteiger partial charge in [0.1, 0.15) is 6.07 Å². The van der Waals surface area contributed by atoms with E-state index in [1.54, 1.807) is 6.07 Å². The van der Waals surface area contributed by atoms with E-state index in [0.717, 1.165) is 19.3 Å². The van der Waals surface area contributed by atoms with Gasteiger partial charge in [-0.25, -0.2) is 13.4 Å². The van der Waals surface area contributed by atoms with Crippen molar-refractivity contribution in [3.8, 4) is 6.07 Å². The highest BCUT2D eigenvalue weighted by molar-refractivity contribution is 7.90. The lowest BCUT2D eigenvalue weighted by molar-refractivity contribution is -0.122. The summed E-state index contributed by atoms with van der Waals surface area (Å²) in [5.74, 6) is -0.126. The molecule has 10 nitrogen and oxygen atoms in total. The van der Waals surface area contributed by atoms with Gasteiger partial charge in [0.05, 0.1) is 51.8 Å². The van der Waals surface area contributed by atoms with Gasteiger partial charge in [-0.05, 0) is 31.4 Å². The fourth-order valence-corrected chi connectivity index (χ4v) is 3.44. The zero-order chi connectivity index (χ0) is 24.4. The monoisotopic (exact) mass is 485 g/mol. The molecule has 1 aromatic rings. The van der Waals surface area contributed by atoms with E-state index in [9.17, 15) is 13.2 Å². The molecule has 33 heavy (non-hydrogen) atoms. The summed E-state index contributed by atoms with van der Waals surface area (Å²) >= 11 is 0. The Balaban J connectivity index is 2.03. The quantitative estimate of drug-likeness (QED) is 0.287. The Morgan fingerprint density at radius 1 is 1.00 bits per heavy atom. The summed E-state index contributed by atoms with van der Waals surface area (Å²) in [5, 5.41) is 11.6. The molecule has 0 bridgehead atoms. The number of nitriles is 1. The third kappa shape index (κ3) is 13.9. The molecule has 1 rings (SSSR count). The third-order valence-electron chi connectivity index (χ3n) is 4.26. The van der Waals surface area contributed by atoms with E-state index in [2.05, 4.69) is 17.2 Å². The van der Waals surface area contributed by atoms with Crippen molar-refractivity contribution in [3.63, 3.8) is 0 Å². The number of pyridine rings is 1. The Morgan fingerprint density at radius 3 is 2.12 bits per heavy atom. The van der Waals surface area contributed by atoms with Crippen LogP contribution in [0.2, 0.25) is 0 Å². The standard InChI is InChI=1S/C22H35N3O7S/c1-3-10-29-12-14-31-16-17-32-15-13-30-11-8-21(26)24-9-4-5-20-7-6-19(18-23)22(25-20)33(2,27)28/h6-7H,3-5,8-17H2,1-2H3,(H,24,26). The second-order valence-corrected chi connectivity index (χ2v) is 9.12. The zero-order valence-corrected chi connectivity index (χ0v) is 20.3. The van der Waals surface area contributed by atoms with Crippen LogP contribution in [-0.2, 0) is 40.0 Å². The molecule has 1 heterocycles. The highest BCUT2D eigenvalue weighted by Crippen LogP contribution is 2.13. The number of rotatable bonds is 19. The number of nitrogens with zero attached hydrogens (tertiary/aromatic N) is 2. The molecule has 0 radical (unpaired) electrons. The minimum atomic E-state index is -3.58. The second kappa shape index (κ2) is 17.4. The molecule has 1 aromatic heterocycles. The average Bonchev–Trinajstić information content (AvgIpc) is 2.79. The van der Waals surface area contributed by atoms with Gasteiger partial charge in [-0.3, -0.25) is 4.79 Å². The number of carbonyl (C=O) groups excluding carboxylic acids is 1. The van der Waals surface area contributed by atoms with Gasteiger partial charge < -0.3 is 24.3 Å². The van der Waals surface area contributed by atoms with Crippen LogP contribution in [0.3, 0.4) is 0 Å². The molecular weight excluding hydrogens is 450 g/mol. The van der Waals surface area contributed by atoms with Crippen molar-refractivity contribution in [1.82, 2.24) is 10.3 Å². The molecule has 0 atom stereocenters. The Bertz CT molecular complexity index is 841. The summed E-state index contributed by atoms with van der Waals surface area (Å²) in [6.07, 6.45) is 3.34. The third-order valence-corrected chi connectivity index (χ3v) is 5.27. The molecule has 1 amide bonds. The summed E-state index contributed by atoms with van der Waals surface area (Å²) in [7, 11) is -3.58. The summed E-state index contributed by atoms with van der Waals surface area (Å²) in [6, 6.07) is 4.91. The maximum atomic E-state index is 11.8. The minimum absolute atomic E-state index is 0.0289. The maximum Gasteiger partial charge on any atom is 0.222 e. The first-order valence-corrected chi connectivity index (χ1v) is 12.9. The van der Waals surface area contributed by atoms with Gasteiger partial charge in [-0.1, -0.05) is 6.92 Å². The predicted molar refractivity (Wildman–Crippen MR) is 122 cm³/mol. The van der Waals surface area contributed by atoms with E-state index < -0.39 is 9.84 Å². The first kappa shape index (κ1) is 28.9. The topological polar surface area (TPSA) is 137 Å². The first-order valence-electron chi connectivity index (χ1n) is 11.1. The highest BCUT2D eigenvalue weighted by Gasteiger charge is 2.16. The van der Waals surface area contributed by atoms with Gasteiger partial charge in [0.25, 0.3) is 0 Å². The molecule has 0 aromatic carbocycles. The van der Waals surface area contributed by atoms with Gasteiger partial charge in [0.2, 0.25) is 5.91 Å². The number of hydrogen-bond acceptors (Lipinski definition) is 9. The van der Waals surface area contributed by atoms with Gasteiger partial charge in [0, 0.05) is 31.5 Å². The molecule has 0 spiro atoms. The van der Waals surface area contributed by atoms with Gasteiger partial charge in [-0.2, -0.15) is 5.26 Å². The molecule has 0 saturated carbocycles. The van der Waals surface area contributed by atoms with Crippen LogP contribution in [-0.4, -0.2) is 85.0 Å². The number of carbonyl (C=O) groups is 1. The molecular formula is C22H35N3O7S. The van der Waals surface area contributed by atoms with Crippen molar-refractivity contribution in [1.29, 1.82) is 5.26 Å². The van der Waals surface area contributed by atoms with E-state index in [1.807, 2.05) is 6.07 Å². The number of aryl methyl sites for hydroxylation is 1. The fourth-order valence-electron chi connectivity index (χ4n) is 2.64. The SMILES string of the molecule is CCCOCCOCCOCCOCCC(=O)NCCCc1ccc(C#N)c(S(C)(=O)=O)n1. The van der Waals surface area contributed by atoms with Crippen LogP contribution in [0.15, 0.2) is 17.2 Å². The van der Waals surface area contributed by atoms with Gasteiger partial charge in [0.15, 0.2) is 14.9 Å². The number of amides is 1. The molecule has 11 heteroatoms. The molecule has 0 saturated heterocycles. The predicted octanol–water partition coefficient (Wildman–Crippen LogP) is 1.27. The van der Waals surface area contributed by atoms with E-state index in [-0.39, 0.29) is 22.9 Å². The largest absolute Gasteiger partial charge is 0.379 e. The average molecular weight is 486 g/mol. The van der Waals surface area contributed by atoms with Crippen molar-refractivity contribution < 1.29 is 32.2 Å². The molecule has 0 aliphatic rings. The smallest absolute Gasteiger partial charge is 0.222 e. The number of nitrogens with one attached hydrogen (secondary N) is 1. The molecule has 0 aliphatic heterocycles. The van der Waals surface area contributed by atoms with E-state index in [1.165, 1.54) is 6.07 Å². The van der Waals surface area contributed by atoms with Crippen molar-refractivity contribution in [3.05, 3.63) is 23.4 Å². The van der Waals surface area contributed by atoms with Crippen LogP contribution in [0.25, 0.3) is 0 Å². The minimum Gasteiger partial charge on any atom is -0.379 e. The number of hydrogen-bond donors (Lipinski definition) is 1. The highest BCUT2D eigenvalue weighted by atomic mass is 32.2. The first-order chi connectivity index (χ1) is 15.9. The summed E-state index contributed by atoms with van der Waals surface area (Å²) in [5.41, 5.74) is 0.587. The lowest BCUT2D eigenvalue weighted by Gasteiger charge is -2.08. The van der Waals surface area contributed by atoms with Gasteiger partial charge in [-0.15, -0.1) is 0 Å². The van der Waals surface area contributed by atoms with E-state index in [4.69, 9.17) is 24.2 Å². The molecule has 0 unspecified atom stereocenters. The van der Waals surface area contributed by atoms with Crippen LogP contribution in [0.5, 0.6) is 0 Å². The Morgan fingerprint density at radius 2 is 1.58 bits per heavy atom. The molecule has 1 N–H and O–H groups in total.